The molecular weight excluding hydrogens is 248 g/mol. The smallest absolute Gasteiger partial charge is 0.313 e. The monoisotopic (exact) mass is 268 g/mol. The van der Waals surface area contributed by atoms with Gasteiger partial charge in [-0.25, -0.2) is 0 Å². The van der Waals surface area contributed by atoms with Crippen molar-refractivity contribution < 1.29 is 22.2 Å². The molecule has 0 aromatic heterocycles. The normalized spacial score (nSPS) is 14.6. The molecule has 1 N–H and O–H groups in total. The van der Waals surface area contributed by atoms with E-state index in [1.807, 2.05) is 20.8 Å². The van der Waals surface area contributed by atoms with Crippen LogP contribution < -0.4 is 0 Å². The summed E-state index contributed by atoms with van der Waals surface area (Å²) in [6.45, 7) is 6.94. The molecule has 0 fully saturated rings. The highest BCUT2D eigenvalue weighted by atomic mass is 32.2. The molecule has 5 nitrogen and oxygen atoms in total. The highest BCUT2D eigenvalue weighted by Gasteiger charge is 2.37. The van der Waals surface area contributed by atoms with Crippen molar-refractivity contribution in [3.05, 3.63) is 0 Å². The van der Waals surface area contributed by atoms with Gasteiger partial charge in [0.05, 0.1) is 0 Å². The summed E-state index contributed by atoms with van der Waals surface area (Å²) >= 11 is 0. The summed E-state index contributed by atoms with van der Waals surface area (Å²) in [5.74, 6) is -0.834. The van der Waals surface area contributed by atoms with Gasteiger partial charge in [0.1, 0.15) is 0 Å². The van der Waals surface area contributed by atoms with Gasteiger partial charge in [-0.2, -0.15) is 8.42 Å². The predicted octanol–water partition coefficient (Wildman–Crippen LogP) is 1.81. The first-order valence-electron chi connectivity index (χ1n) is 5.41. The lowest BCUT2D eigenvalue weighted by Gasteiger charge is -2.28. The third-order valence-electron chi connectivity index (χ3n) is 3.03. The third-order valence-corrected chi connectivity index (χ3v) is 8.62. The van der Waals surface area contributed by atoms with Crippen LogP contribution in [-0.4, -0.2) is 32.5 Å². The third kappa shape index (κ3) is 3.87. The number of carbonyl (C=O) groups is 1. The predicted molar refractivity (Wildman–Crippen MR) is 64.3 cm³/mol. The van der Waals surface area contributed by atoms with E-state index >= 15 is 0 Å². The van der Waals surface area contributed by atoms with Crippen LogP contribution in [-0.2, 0) is 19.3 Å². The lowest BCUT2D eigenvalue weighted by molar-refractivity contribution is -0.134. The summed E-state index contributed by atoms with van der Waals surface area (Å²) in [5, 5.41) is -1.50. The molecule has 96 valence electrons. The summed E-state index contributed by atoms with van der Waals surface area (Å²) in [6.07, 6.45) is 0. The van der Waals surface area contributed by atoms with E-state index in [9.17, 15) is 13.2 Å². The first-order valence-corrected chi connectivity index (χ1v) is 9.44. The van der Waals surface area contributed by atoms with Crippen molar-refractivity contribution in [1.29, 1.82) is 0 Å². The highest BCUT2D eigenvalue weighted by molar-refractivity contribution is 7.87. The average molecular weight is 268 g/mol. The van der Waals surface area contributed by atoms with Gasteiger partial charge < -0.3 is 4.43 Å². The van der Waals surface area contributed by atoms with Gasteiger partial charge in [0, 0.05) is 0 Å². The van der Waals surface area contributed by atoms with Crippen LogP contribution in [0.5, 0.6) is 0 Å². The summed E-state index contributed by atoms with van der Waals surface area (Å²) < 4.78 is 35.7. The van der Waals surface area contributed by atoms with E-state index in [2.05, 4.69) is 0 Å². The van der Waals surface area contributed by atoms with E-state index in [-0.39, 0.29) is 0 Å². The van der Waals surface area contributed by atoms with Gasteiger partial charge in [-0.3, -0.25) is 9.35 Å². The van der Waals surface area contributed by atoms with Gasteiger partial charge in [-0.05, 0) is 25.1 Å². The second kappa shape index (κ2) is 5.79. The van der Waals surface area contributed by atoms with Crippen molar-refractivity contribution >= 4 is 24.4 Å². The van der Waals surface area contributed by atoms with Gasteiger partial charge in [-0.15, -0.1) is 0 Å². The average Bonchev–Trinajstić information content (AvgIpc) is 2.23. The van der Waals surface area contributed by atoms with Crippen LogP contribution in [0, 0.1) is 0 Å². The molecule has 1 unspecified atom stereocenters. The van der Waals surface area contributed by atoms with Crippen LogP contribution in [0.15, 0.2) is 0 Å². The second-order valence-electron chi connectivity index (χ2n) is 3.82. The van der Waals surface area contributed by atoms with Crippen molar-refractivity contribution in [3.8, 4) is 0 Å². The Hall–Kier alpha value is -0.403. The highest BCUT2D eigenvalue weighted by Crippen LogP contribution is 2.22. The molecule has 0 aromatic carbocycles. The maximum atomic E-state index is 11.6. The van der Waals surface area contributed by atoms with Crippen LogP contribution in [0.1, 0.15) is 27.7 Å². The van der Waals surface area contributed by atoms with Crippen molar-refractivity contribution in [2.45, 2.75) is 51.1 Å². The SMILES string of the molecule is CC[Si](CC)(CC)OC(=O)C(C)S(=O)(=O)O. The fourth-order valence-electron chi connectivity index (χ4n) is 1.38. The first-order chi connectivity index (χ1) is 7.22. The van der Waals surface area contributed by atoms with E-state index in [0.717, 1.165) is 25.1 Å². The Morgan fingerprint density at radius 1 is 1.25 bits per heavy atom. The van der Waals surface area contributed by atoms with E-state index in [4.69, 9.17) is 8.98 Å². The molecular formula is C9H20O5SSi. The fraction of sp³-hybridized carbons (Fsp3) is 0.889. The number of rotatable bonds is 6. The summed E-state index contributed by atoms with van der Waals surface area (Å²) in [5.41, 5.74) is 0. The number of hydrogen-bond donors (Lipinski definition) is 1. The van der Waals surface area contributed by atoms with Gasteiger partial charge in [0.25, 0.3) is 18.4 Å². The Labute approximate surface area is 98.1 Å². The zero-order chi connectivity index (χ0) is 13.0. The minimum absolute atomic E-state index is 0.754. The van der Waals surface area contributed by atoms with Crippen LogP contribution in [0.2, 0.25) is 18.1 Å². The number of hydrogen-bond acceptors (Lipinski definition) is 4. The van der Waals surface area contributed by atoms with Crippen molar-refractivity contribution in [2.75, 3.05) is 0 Å². The van der Waals surface area contributed by atoms with Gasteiger partial charge in [0.2, 0.25) is 0 Å². The summed E-state index contributed by atoms with van der Waals surface area (Å²) in [6, 6.07) is 2.26. The van der Waals surface area contributed by atoms with Crippen LogP contribution >= 0.6 is 0 Å². The molecule has 0 aliphatic rings. The molecule has 16 heavy (non-hydrogen) atoms. The molecule has 0 aliphatic heterocycles. The standard InChI is InChI=1S/C9H20O5SSi/c1-5-16(6-2,7-3)14-9(10)8(4)15(11,12)13/h8H,5-7H2,1-4H3,(H,11,12,13). The molecule has 0 rings (SSSR count). The maximum absolute atomic E-state index is 11.6. The Morgan fingerprint density at radius 2 is 1.62 bits per heavy atom. The van der Waals surface area contributed by atoms with E-state index < -0.39 is 29.7 Å². The molecule has 0 heterocycles. The zero-order valence-electron chi connectivity index (χ0n) is 10.2. The maximum Gasteiger partial charge on any atom is 0.313 e. The summed E-state index contributed by atoms with van der Waals surface area (Å²) in [7, 11) is -6.50. The molecule has 0 amide bonds. The topological polar surface area (TPSA) is 80.7 Å². The van der Waals surface area contributed by atoms with Crippen LogP contribution in [0.25, 0.3) is 0 Å². The summed E-state index contributed by atoms with van der Waals surface area (Å²) in [4.78, 5) is 11.6. The van der Waals surface area contributed by atoms with Crippen molar-refractivity contribution in [2.24, 2.45) is 0 Å². The Balaban J connectivity index is 4.79. The molecule has 0 aliphatic carbocycles. The van der Waals surface area contributed by atoms with E-state index in [1.165, 1.54) is 0 Å². The van der Waals surface area contributed by atoms with Crippen LogP contribution in [0.3, 0.4) is 0 Å². The largest absolute Gasteiger partial charge is 0.518 e. The Kier molecular flexibility index (Phi) is 5.64. The zero-order valence-corrected chi connectivity index (χ0v) is 12.0. The van der Waals surface area contributed by atoms with Gasteiger partial charge in [0.15, 0.2) is 5.25 Å². The molecule has 0 saturated carbocycles. The fourth-order valence-corrected chi connectivity index (χ4v) is 4.30. The van der Waals surface area contributed by atoms with Crippen molar-refractivity contribution in [1.82, 2.24) is 0 Å². The molecule has 0 spiro atoms. The minimum Gasteiger partial charge on any atom is -0.518 e. The second-order valence-corrected chi connectivity index (χ2v) is 10.3. The van der Waals surface area contributed by atoms with Crippen molar-refractivity contribution in [3.63, 3.8) is 0 Å². The Bertz CT molecular complexity index is 326. The molecule has 0 bridgehead atoms. The van der Waals surface area contributed by atoms with Crippen LogP contribution in [0.4, 0.5) is 0 Å². The lowest BCUT2D eigenvalue weighted by Crippen LogP contribution is -2.42. The molecule has 7 heteroatoms. The van der Waals surface area contributed by atoms with Gasteiger partial charge in [-0.1, -0.05) is 20.8 Å². The molecule has 1 atom stereocenters. The van der Waals surface area contributed by atoms with E-state index in [0.29, 0.717) is 0 Å². The molecule has 0 radical (unpaired) electrons. The molecule has 0 aromatic rings. The number of carbonyl (C=O) groups excluding carboxylic acids is 1. The Morgan fingerprint density at radius 3 is 1.88 bits per heavy atom. The first kappa shape index (κ1) is 15.6. The lowest BCUT2D eigenvalue weighted by atomic mass is 10.5. The molecule has 0 saturated heterocycles. The van der Waals surface area contributed by atoms with E-state index in [1.54, 1.807) is 0 Å². The van der Waals surface area contributed by atoms with Gasteiger partial charge >= 0.3 is 5.97 Å². The minimum atomic E-state index is -4.35. The quantitative estimate of drug-likeness (QED) is 0.587.